The van der Waals surface area contributed by atoms with Crippen LogP contribution in [-0.4, -0.2) is 40.9 Å². The second-order valence-corrected chi connectivity index (χ2v) is 7.76. The second kappa shape index (κ2) is 8.45. The maximum atomic E-state index is 8.85. The molecular weight excluding hydrogens is 476 g/mol. The molecule has 142 valence electrons. The zero-order valence-electron chi connectivity index (χ0n) is 15.3. The zero-order valence-corrected chi connectivity index (χ0v) is 18.5. The summed E-state index contributed by atoms with van der Waals surface area (Å²) in [6, 6.07) is 0. The molecule has 0 aromatic carbocycles. The first-order valence-corrected chi connectivity index (χ1v) is 10.1. The van der Waals surface area contributed by atoms with Crippen LogP contribution in [0.4, 0.5) is 0 Å². The van der Waals surface area contributed by atoms with Crippen molar-refractivity contribution in [3.63, 3.8) is 0 Å². The van der Waals surface area contributed by atoms with Gasteiger partial charge in [0.15, 0.2) is 11.3 Å². The average molecular weight is 496 g/mol. The minimum Gasteiger partial charge on any atom is -0.396 e. The lowest BCUT2D eigenvalue weighted by atomic mass is 10.2. The standard InChI is InChI=1S/C9H10BrN3O.C9H10BrN3/c1-6-7(2-3-14)5-13-9(12-6)8(10)4-11-13;1-3-7-5-13-9(12-6(7)2)8(10)4-11-13/h4-5,14H,2-3H2,1H3;4-5H,3H2,1-2H3. The van der Waals surface area contributed by atoms with Crippen molar-refractivity contribution in [2.45, 2.75) is 33.6 Å². The molecule has 0 saturated carbocycles. The number of hydrogen-bond donors (Lipinski definition) is 1. The summed E-state index contributed by atoms with van der Waals surface area (Å²) < 4.78 is 5.34. The van der Waals surface area contributed by atoms with Crippen molar-refractivity contribution in [3.05, 3.63) is 56.2 Å². The summed E-state index contributed by atoms with van der Waals surface area (Å²) in [4.78, 5) is 8.86. The van der Waals surface area contributed by atoms with E-state index in [2.05, 4.69) is 58.9 Å². The Bertz CT molecular complexity index is 1090. The van der Waals surface area contributed by atoms with Crippen LogP contribution in [0.25, 0.3) is 11.3 Å². The number of nitrogens with zero attached hydrogens (tertiary/aromatic N) is 6. The summed E-state index contributed by atoms with van der Waals surface area (Å²) >= 11 is 6.77. The number of aryl methyl sites for hydroxylation is 3. The van der Waals surface area contributed by atoms with Crippen molar-refractivity contribution in [1.82, 2.24) is 29.2 Å². The predicted molar refractivity (Wildman–Crippen MR) is 111 cm³/mol. The van der Waals surface area contributed by atoms with Crippen molar-refractivity contribution in [3.8, 4) is 0 Å². The number of rotatable bonds is 3. The molecule has 0 amide bonds. The van der Waals surface area contributed by atoms with Crippen molar-refractivity contribution < 1.29 is 5.11 Å². The molecule has 4 rings (SSSR count). The molecule has 4 aromatic rings. The van der Waals surface area contributed by atoms with Crippen molar-refractivity contribution in [1.29, 1.82) is 0 Å². The summed E-state index contributed by atoms with van der Waals surface area (Å²) in [6.45, 7) is 6.22. The SMILES string of the molecule is CCc1cn2ncc(Br)c2nc1C.Cc1nc2c(Br)cnn2cc1CCO. The van der Waals surface area contributed by atoms with Crippen molar-refractivity contribution in [2.24, 2.45) is 0 Å². The van der Waals surface area contributed by atoms with Gasteiger partial charge in [0.25, 0.3) is 0 Å². The number of hydrogen-bond acceptors (Lipinski definition) is 5. The quantitative estimate of drug-likeness (QED) is 0.468. The fourth-order valence-corrected chi connectivity index (χ4v) is 3.45. The molecule has 0 aliphatic carbocycles. The Kier molecular flexibility index (Phi) is 6.23. The molecule has 0 fully saturated rings. The maximum Gasteiger partial charge on any atom is 0.169 e. The van der Waals surface area contributed by atoms with Crippen LogP contribution in [0.3, 0.4) is 0 Å². The van der Waals surface area contributed by atoms with E-state index in [1.807, 2.05) is 26.2 Å². The Hall–Kier alpha value is -1.84. The normalized spacial score (nSPS) is 11.0. The van der Waals surface area contributed by atoms with E-state index >= 15 is 0 Å². The molecule has 0 saturated heterocycles. The molecule has 0 spiro atoms. The van der Waals surface area contributed by atoms with E-state index in [1.54, 1.807) is 21.4 Å². The van der Waals surface area contributed by atoms with E-state index < -0.39 is 0 Å². The van der Waals surface area contributed by atoms with Crippen LogP contribution in [0.15, 0.2) is 33.7 Å². The number of halogens is 2. The van der Waals surface area contributed by atoms with Crippen LogP contribution in [0.5, 0.6) is 0 Å². The maximum absolute atomic E-state index is 8.85. The number of aliphatic hydroxyl groups excluding tert-OH is 1. The molecule has 0 aliphatic heterocycles. The minimum absolute atomic E-state index is 0.135. The van der Waals surface area contributed by atoms with Gasteiger partial charge in [-0.1, -0.05) is 6.92 Å². The fourth-order valence-electron chi connectivity index (χ4n) is 2.72. The van der Waals surface area contributed by atoms with Gasteiger partial charge in [-0.3, -0.25) is 0 Å². The largest absolute Gasteiger partial charge is 0.396 e. The zero-order chi connectivity index (χ0) is 19.6. The van der Waals surface area contributed by atoms with Gasteiger partial charge in [-0.05, 0) is 69.7 Å². The number of aliphatic hydroxyl groups is 1. The van der Waals surface area contributed by atoms with E-state index in [4.69, 9.17) is 5.11 Å². The Morgan fingerprint density at radius 3 is 1.85 bits per heavy atom. The van der Waals surface area contributed by atoms with Crippen LogP contribution in [0.1, 0.15) is 29.4 Å². The van der Waals surface area contributed by atoms with E-state index in [0.29, 0.717) is 6.42 Å². The molecule has 4 heterocycles. The molecule has 0 atom stereocenters. The van der Waals surface area contributed by atoms with Gasteiger partial charge in [0.2, 0.25) is 0 Å². The Labute approximate surface area is 173 Å². The molecule has 27 heavy (non-hydrogen) atoms. The van der Waals surface area contributed by atoms with E-state index in [-0.39, 0.29) is 6.61 Å². The first-order chi connectivity index (χ1) is 12.9. The Morgan fingerprint density at radius 1 is 0.889 bits per heavy atom. The van der Waals surface area contributed by atoms with Crippen molar-refractivity contribution in [2.75, 3.05) is 6.61 Å². The first kappa shape index (κ1) is 19.9. The van der Waals surface area contributed by atoms with E-state index in [1.165, 1.54) is 5.56 Å². The highest BCUT2D eigenvalue weighted by Crippen LogP contribution is 2.18. The third-order valence-corrected chi connectivity index (χ3v) is 5.37. The summed E-state index contributed by atoms with van der Waals surface area (Å²) in [6.07, 6.45) is 9.02. The highest BCUT2D eigenvalue weighted by Gasteiger charge is 2.07. The molecule has 4 aromatic heterocycles. The number of aromatic nitrogens is 6. The molecule has 0 unspecified atom stereocenters. The van der Waals surface area contributed by atoms with Crippen molar-refractivity contribution >= 4 is 43.2 Å². The van der Waals surface area contributed by atoms with E-state index in [9.17, 15) is 0 Å². The lowest BCUT2D eigenvalue weighted by Gasteiger charge is -2.03. The van der Waals surface area contributed by atoms with Crippen LogP contribution < -0.4 is 0 Å². The monoisotopic (exact) mass is 494 g/mol. The molecule has 1 N–H and O–H groups in total. The van der Waals surface area contributed by atoms with Gasteiger partial charge < -0.3 is 5.11 Å². The van der Waals surface area contributed by atoms with E-state index in [0.717, 1.165) is 43.6 Å². The van der Waals surface area contributed by atoms with Gasteiger partial charge in [0.1, 0.15) is 0 Å². The second-order valence-electron chi connectivity index (χ2n) is 6.05. The number of fused-ring (bicyclic) bond motifs is 2. The minimum atomic E-state index is 0.135. The molecular formula is C18H20Br2N6O. The highest BCUT2D eigenvalue weighted by molar-refractivity contribution is 9.11. The topological polar surface area (TPSA) is 80.6 Å². The molecule has 0 radical (unpaired) electrons. The summed E-state index contributed by atoms with van der Waals surface area (Å²) in [5, 5.41) is 17.2. The Morgan fingerprint density at radius 2 is 1.37 bits per heavy atom. The van der Waals surface area contributed by atoms with Crippen LogP contribution in [0, 0.1) is 13.8 Å². The predicted octanol–water partition coefficient (Wildman–Crippen LogP) is 3.70. The van der Waals surface area contributed by atoms with Gasteiger partial charge in [-0.25, -0.2) is 19.0 Å². The van der Waals surface area contributed by atoms with Gasteiger partial charge >= 0.3 is 0 Å². The highest BCUT2D eigenvalue weighted by atomic mass is 79.9. The fraction of sp³-hybridized carbons (Fsp3) is 0.333. The average Bonchev–Trinajstić information content (AvgIpc) is 3.19. The summed E-state index contributed by atoms with van der Waals surface area (Å²) in [7, 11) is 0. The lowest BCUT2D eigenvalue weighted by Crippen LogP contribution is -2.01. The van der Waals surface area contributed by atoms with Gasteiger partial charge in [-0.2, -0.15) is 10.2 Å². The molecule has 9 heteroatoms. The third-order valence-electron chi connectivity index (χ3n) is 4.25. The smallest absolute Gasteiger partial charge is 0.169 e. The third kappa shape index (κ3) is 4.20. The van der Waals surface area contributed by atoms with Gasteiger partial charge in [-0.15, -0.1) is 0 Å². The van der Waals surface area contributed by atoms with Crippen LogP contribution >= 0.6 is 31.9 Å². The summed E-state index contributed by atoms with van der Waals surface area (Å²) in [5.41, 5.74) is 5.97. The van der Waals surface area contributed by atoms with Gasteiger partial charge in [0, 0.05) is 30.4 Å². The lowest BCUT2D eigenvalue weighted by molar-refractivity contribution is 0.299. The summed E-state index contributed by atoms with van der Waals surface area (Å²) in [5.74, 6) is 0. The Balaban J connectivity index is 0.000000156. The molecule has 0 bridgehead atoms. The van der Waals surface area contributed by atoms with Crippen LogP contribution in [0.2, 0.25) is 0 Å². The van der Waals surface area contributed by atoms with Gasteiger partial charge in [0.05, 0.1) is 21.3 Å². The first-order valence-electron chi connectivity index (χ1n) is 8.54. The van der Waals surface area contributed by atoms with Crippen LogP contribution in [-0.2, 0) is 12.8 Å². The molecule has 0 aliphatic rings. The molecule has 7 nitrogen and oxygen atoms in total.